The highest BCUT2D eigenvalue weighted by atomic mass is 35.5. The number of benzene rings is 1. The van der Waals surface area contributed by atoms with E-state index in [4.69, 9.17) is 23.0 Å². The third-order valence-corrected chi connectivity index (χ3v) is 10.6. The molecule has 2 aromatic heterocycles. The predicted octanol–water partition coefficient (Wildman–Crippen LogP) is 6.33. The van der Waals surface area contributed by atoms with Gasteiger partial charge in [0.05, 0.1) is 12.1 Å². The number of carbonyl (C=O) groups excluding carboxylic acids is 2. The van der Waals surface area contributed by atoms with Crippen LogP contribution in [0, 0.1) is 43.9 Å². The van der Waals surface area contributed by atoms with E-state index in [1.807, 2.05) is 61.8 Å². The quantitative estimate of drug-likeness (QED) is 0.285. The molecule has 5 rings (SSSR count). The number of rotatable bonds is 7. The first-order valence-corrected chi connectivity index (χ1v) is 16.4. The van der Waals surface area contributed by atoms with Crippen LogP contribution < -0.4 is 0 Å². The molecule has 0 radical (unpaired) electrons. The molecule has 0 saturated carbocycles. The molecule has 0 bridgehead atoms. The third kappa shape index (κ3) is 5.94. The van der Waals surface area contributed by atoms with E-state index in [-0.39, 0.29) is 23.7 Å². The van der Waals surface area contributed by atoms with Crippen LogP contribution in [-0.2, 0) is 9.59 Å². The van der Waals surface area contributed by atoms with Gasteiger partial charge in [-0.15, -0.1) is 33.9 Å². The van der Waals surface area contributed by atoms with Crippen LogP contribution in [-0.4, -0.2) is 68.3 Å². The van der Waals surface area contributed by atoms with Crippen LogP contribution in [0.3, 0.4) is 0 Å². The number of carbonyl (C=O) groups is 2. The lowest BCUT2D eigenvalue weighted by atomic mass is 9.72. The number of piperazine rings is 1. The van der Waals surface area contributed by atoms with Crippen LogP contribution in [0.5, 0.6) is 0 Å². The van der Waals surface area contributed by atoms with E-state index in [9.17, 15) is 9.59 Å². The maximum Gasteiger partial charge on any atom is 0.228 e. The second-order valence-corrected chi connectivity index (χ2v) is 14.5. The Balaban J connectivity index is 1.38. The number of halogens is 1. The van der Waals surface area contributed by atoms with Gasteiger partial charge in [-0.1, -0.05) is 44.5 Å². The van der Waals surface area contributed by atoms with Gasteiger partial charge in [0.2, 0.25) is 11.8 Å². The fourth-order valence-corrected chi connectivity index (χ4v) is 7.68. The molecule has 2 aliphatic rings. The van der Waals surface area contributed by atoms with Crippen molar-refractivity contribution in [3.63, 3.8) is 0 Å². The fourth-order valence-electron chi connectivity index (χ4n) is 6.34. The Kier molecular flexibility index (Phi) is 8.80. The highest BCUT2D eigenvalue weighted by molar-refractivity contribution is 7.15. The van der Waals surface area contributed by atoms with Crippen molar-refractivity contribution in [1.29, 1.82) is 0 Å². The summed E-state index contributed by atoms with van der Waals surface area (Å²) in [4.78, 5) is 37.5. The van der Waals surface area contributed by atoms with E-state index in [0.29, 0.717) is 43.4 Å². The first kappa shape index (κ1) is 31.9. The number of hydrogen-bond donors (Lipinski definition) is 0. The van der Waals surface area contributed by atoms with Gasteiger partial charge < -0.3 is 9.80 Å². The fraction of sp³-hybridized carbons (Fsp3) is 0.500. The van der Waals surface area contributed by atoms with Crippen molar-refractivity contribution in [2.45, 2.75) is 73.8 Å². The Bertz CT molecular complexity index is 1660. The number of fused-ring (bicyclic) bond motifs is 3. The minimum atomic E-state index is -0.589. The minimum Gasteiger partial charge on any atom is -0.339 e. The summed E-state index contributed by atoms with van der Waals surface area (Å²) in [5.74, 6) is 4.37. The van der Waals surface area contributed by atoms with Gasteiger partial charge in [-0.05, 0) is 58.2 Å². The van der Waals surface area contributed by atoms with Crippen molar-refractivity contribution in [1.82, 2.24) is 24.6 Å². The molecule has 8 nitrogen and oxygen atoms in total. The van der Waals surface area contributed by atoms with Crippen LogP contribution in [0.15, 0.2) is 29.3 Å². The smallest absolute Gasteiger partial charge is 0.228 e. The number of thiophene rings is 1. The lowest BCUT2D eigenvalue weighted by molar-refractivity contribution is -0.146. The number of nitrogens with zero attached hydrogens (tertiary/aromatic N) is 6. The summed E-state index contributed by atoms with van der Waals surface area (Å²) >= 11 is 7.92. The molecule has 0 spiro atoms. The van der Waals surface area contributed by atoms with Gasteiger partial charge in [0.1, 0.15) is 16.9 Å². The SMILES string of the molecule is C#CC(C)(CC)CC(C)(C)C(=O)N1CCN(C(=O)CC2N=C(c3ccc(Cl)cc3)c3c(sc(C)c3C)-n3c(C)nnc32)CC1. The average molecular weight is 633 g/mol. The van der Waals surface area contributed by atoms with Gasteiger partial charge in [-0.3, -0.25) is 19.1 Å². The lowest BCUT2D eigenvalue weighted by Crippen LogP contribution is -2.54. The molecule has 2 amide bonds. The molecule has 44 heavy (non-hydrogen) atoms. The molecule has 3 aromatic rings. The predicted molar refractivity (Wildman–Crippen MR) is 177 cm³/mol. The molecule has 232 valence electrons. The summed E-state index contributed by atoms with van der Waals surface area (Å²) in [7, 11) is 0. The normalized spacial score (nSPS) is 18.1. The molecule has 2 aliphatic heterocycles. The Hall–Kier alpha value is -3.48. The second-order valence-electron chi connectivity index (χ2n) is 12.9. The number of hydrogen-bond acceptors (Lipinski definition) is 6. The highest BCUT2D eigenvalue weighted by Gasteiger charge is 2.40. The molecule has 0 N–H and O–H groups in total. The zero-order valence-corrected chi connectivity index (χ0v) is 28.3. The van der Waals surface area contributed by atoms with Crippen LogP contribution in [0.1, 0.15) is 86.2 Å². The highest BCUT2D eigenvalue weighted by Crippen LogP contribution is 2.40. The van der Waals surface area contributed by atoms with Crippen molar-refractivity contribution < 1.29 is 9.59 Å². The van der Waals surface area contributed by atoms with Crippen LogP contribution >= 0.6 is 22.9 Å². The van der Waals surface area contributed by atoms with Gasteiger partial charge in [-0.2, -0.15) is 0 Å². The molecular weight excluding hydrogens is 592 g/mol. The standard InChI is InChI=1S/C34H41ClN6O2S/c1-9-34(8,10-2)20-33(6,7)32(43)40-17-15-39(16-18-40)27(42)19-26-30-38-37-23(5)41(30)31-28(21(3)22(4)44-31)29(36-26)24-11-13-25(35)14-12-24/h1,11-14,26H,10,15-20H2,2-8H3. The summed E-state index contributed by atoms with van der Waals surface area (Å²) < 4.78 is 2.06. The topological polar surface area (TPSA) is 83.7 Å². The third-order valence-electron chi connectivity index (χ3n) is 9.18. The van der Waals surface area contributed by atoms with Gasteiger partial charge in [0, 0.05) is 58.0 Å². The zero-order valence-electron chi connectivity index (χ0n) is 26.7. The van der Waals surface area contributed by atoms with Gasteiger partial charge in [0.15, 0.2) is 5.82 Å². The summed E-state index contributed by atoms with van der Waals surface area (Å²) in [5.41, 5.74) is 3.02. The molecule has 1 saturated heterocycles. The summed E-state index contributed by atoms with van der Waals surface area (Å²) in [6.07, 6.45) is 7.39. The van der Waals surface area contributed by atoms with E-state index in [2.05, 4.69) is 41.5 Å². The van der Waals surface area contributed by atoms with E-state index in [1.165, 1.54) is 4.88 Å². The Morgan fingerprint density at radius 3 is 2.30 bits per heavy atom. The molecular formula is C34H41ClN6O2S. The van der Waals surface area contributed by atoms with Crippen molar-refractivity contribution >= 4 is 40.5 Å². The van der Waals surface area contributed by atoms with Crippen LogP contribution in [0.4, 0.5) is 0 Å². The minimum absolute atomic E-state index is 0.0168. The monoisotopic (exact) mass is 632 g/mol. The second kappa shape index (κ2) is 12.1. The van der Waals surface area contributed by atoms with Crippen molar-refractivity contribution in [2.75, 3.05) is 26.2 Å². The van der Waals surface area contributed by atoms with E-state index >= 15 is 0 Å². The first-order valence-electron chi connectivity index (χ1n) is 15.2. The summed E-state index contributed by atoms with van der Waals surface area (Å²) in [5, 5.41) is 10.6. The first-order chi connectivity index (χ1) is 20.8. The van der Waals surface area contributed by atoms with Crippen molar-refractivity contribution in [2.24, 2.45) is 15.8 Å². The van der Waals surface area contributed by atoms with Gasteiger partial charge >= 0.3 is 0 Å². The summed E-state index contributed by atoms with van der Waals surface area (Å²) in [6.45, 7) is 16.1. The Labute approximate surface area is 269 Å². The van der Waals surface area contributed by atoms with Crippen molar-refractivity contribution in [3.05, 3.63) is 62.5 Å². The van der Waals surface area contributed by atoms with E-state index in [1.54, 1.807) is 11.3 Å². The molecule has 4 heterocycles. The van der Waals surface area contributed by atoms with Crippen LogP contribution in [0.25, 0.3) is 5.00 Å². The maximum atomic E-state index is 13.8. The molecule has 1 aromatic carbocycles. The van der Waals surface area contributed by atoms with E-state index < -0.39 is 11.5 Å². The zero-order chi connectivity index (χ0) is 32.0. The summed E-state index contributed by atoms with van der Waals surface area (Å²) in [6, 6.07) is 7.14. The number of aromatic nitrogens is 3. The molecule has 0 aliphatic carbocycles. The molecule has 2 atom stereocenters. The Morgan fingerprint density at radius 2 is 1.68 bits per heavy atom. The largest absolute Gasteiger partial charge is 0.339 e. The lowest BCUT2D eigenvalue weighted by Gasteiger charge is -2.40. The average Bonchev–Trinajstić information content (AvgIpc) is 3.48. The van der Waals surface area contributed by atoms with Crippen LogP contribution in [0.2, 0.25) is 5.02 Å². The maximum absolute atomic E-state index is 13.8. The molecule has 10 heteroatoms. The number of terminal acetylenes is 1. The van der Waals surface area contributed by atoms with Crippen molar-refractivity contribution in [3.8, 4) is 17.3 Å². The number of aryl methyl sites for hydroxylation is 2. The Morgan fingerprint density at radius 1 is 1.05 bits per heavy atom. The van der Waals surface area contributed by atoms with Gasteiger partial charge in [0.25, 0.3) is 0 Å². The number of amides is 2. The molecule has 2 unspecified atom stereocenters. The number of aliphatic imine (C=N–C) groups is 1. The van der Waals surface area contributed by atoms with E-state index in [0.717, 1.165) is 39.6 Å². The molecule has 1 fully saturated rings. The van der Waals surface area contributed by atoms with Gasteiger partial charge in [-0.25, -0.2) is 0 Å².